The molecule has 3 saturated carbocycles. The molecule has 1 N–H and O–H groups in total. The Labute approximate surface area is 304 Å². The van der Waals surface area contributed by atoms with Crippen molar-refractivity contribution in [3.05, 3.63) is 47.5 Å². The highest BCUT2D eigenvalue weighted by atomic mass is 16.7. The Bertz CT molecular complexity index is 1530. The summed E-state index contributed by atoms with van der Waals surface area (Å²) in [5, 5.41) is 10.9. The summed E-state index contributed by atoms with van der Waals surface area (Å²) in [6, 6.07) is 8.99. The van der Waals surface area contributed by atoms with Crippen molar-refractivity contribution in [3.8, 4) is 0 Å². The number of carbonyl (C=O) groups excluding carboxylic acids is 3. The first-order chi connectivity index (χ1) is 23.8. The fourth-order valence-corrected chi connectivity index (χ4v) is 12.3. The second-order valence-corrected chi connectivity index (χ2v) is 18.0. The minimum Gasteiger partial charge on any atom is -0.462 e. The van der Waals surface area contributed by atoms with Crippen LogP contribution >= 0.6 is 0 Å². The molecule has 282 valence electrons. The van der Waals surface area contributed by atoms with Gasteiger partial charge >= 0.3 is 17.9 Å². The molecule has 6 rings (SSSR count). The molecule has 0 aromatic heterocycles. The van der Waals surface area contributed by atoms with Gasteiger partial charge in [0.1, 0.15) is 23.9 Å². The largest absolute Gasteiger partial charge is 0.462 e. The smallest absolute Gasteiger partial charge is 0.338 e. The molecule has 3 unspecified atom stereocenters. The Morgan fingerprint density at radius 3 is 2.06 bits per heavy atom. The number of aliphatic hydroxyl groups is 1. The number of hydrogen-bond acceptors (Lipinski definition) is 9. The van der Waals surface area contributed by atoms with Crippen molar-refractivity contribution in [1.82, 2.24) is 0 Å². The monoisotopic (exact) mass is 708 g/mol. The molecule has 1 saturated heterocycles. The Morgan fingerprint density at radius 2 is 1.49 bits per heavy atom. The third kappa shape index (κ3) is 5.88. The van der Waals surface area contributed by atoms with E-state index in [4.69, 9.17) is 23.7 Å². The predicted molar refractivity (Wildman–Crippen MR) is 191 cm³/mol. The Balaban J connectivity index is 1.36. The molecular weight excluding hydrogens is 648 g/mol. The van der Waals surface area contributed by atoms with Gasteiger partial charge < -0.3 is 28.8 Å². The van der Waals surface area contributed by atoms with Crippen LogP contribution in [0.2, 0.25) is 0 Å². The minimum absolute atomic E-state index is 0.0273. The highest BCUT2D eigenvalue weighted by Crippen LogP contribution is 2.74. The van der Waals surface area contributed by atoms with Crippen molar-refractivity contribution < 1.29 is 43.2 Å². The van der Waals surface area contributed by atoms with Gasteiger partial charge in [-0.1, -0.05) is 64.5 Å². The molecular formula is C42H60O9. The molecule has 5 aliphatic rings. The summed E-state index contributed by atoms with van der Waals surface area (Å²) >= 11 is 0. The van der Waals surface area contributed by atoms with Crippen molar-refractivity contribution in [2.75, 3.05) is 13.7 Å². The van der Waals surface area contributed by atoms with Crippen LogP contribution in [0.3, 0.4) is 0 Å². The van der Waals surface area contributed by atoms with Crippen molar-refractivity contribution >= 4 is 17.9 Å². The normalized spacial score (nSPS) is 41.6. The van der Waals surface area contributed by atoms with Gasteiger partial charge in [-0.2, -0.15) is 0 Å². The molecule has 4 fully saturated rings. The fraction of sp³-hybridized carbons (Fsp3) is 0.738. The van der Waals surface area contributed by atoms with Gasteiger partial charge in [0.05, 0.1) is 12.2 Å². The lowest BCUT2D eigenvalue weighted by Crippen LogP contribution is -2.70. The average molecular weight is 709 g/mol. The molecule has 0 spiro atoms. The number of esters is 3. The highest BCUT2D eigenvalue weighted by molar-refractivity contribution is 5.89. The van der Waals surface area contributed by atoms with Crippen molar-refractivity contribution in [2.24, 2.45) is 45.3 Å². The van der Waals surface area contributed by atoms with Crippen LogP contribution in [0, 0.1) is 45.3 Å². The maximum Gasteiger partial charge on any atom is 0.338 e. The number of rotatable bonds is 7. The molecule has 0 amide bonds. The van der Waals surface area contributed by atoms with Crippen LogP contribution in [0.25, 0.3) is 0 Å². The van der Waals surface area contributed by atoms with Crippen molar-refractivity contribution in [1.29, 1.82) is 0 Å². The molecule has 1 heterocycles. The van der Waals surface area contributed by atoms with E-state index in [-0.39, 0.29) is 35.1 Å². The zero-order valence-corrected chi connectivity index (χ0v) is 32.4. The summed E-state index contributed by atoms with van der Waals surface area (Å²) in [6.45, 7) is 18.2. The number of ether oxygens (including phenoxy) is 5. The van der Waals surface area contributed by atoms with Crippen LogP contribution in [-0.2, 0) is 33.3 Å². The summed E-state index contributed by atoms with van der Waals surface area (Å²) < 4.78 is 31.2. The van der Waals surface area contributed by atoms with Gasteiger partial charge in [0.25, 0.3) is 0 Å². The second-order valence-electron chi connectivity index (χ2n) is 18.0. The number of allylic oxidation sites excluding steroid dienone is 1. The molecule has 1 aromatic rings. The van der Waals surface area contributed by atoms with Gasteiger partial charge in [-0.25, -0.2) is 4.79 Å². The van der Waals surface area contributed by atoms with E-state index in [1.807, 2.05) is 18.2 Å². The zero-order chi connectivity index (χ0) is 37.4. The van der Waals surface area contributed by atoms with Crippen LogP contribution in [0.15, 0.2) is 42.0 Å². The molecule has 0 bridgehead atoms. The van der Waals surface area contributed by atoms with Crippen LogP contribution in [-0.4, -0.2) is 66.4 Å². The van der Waals surface area contributed by atoms with Crippen LogP contribution in [0.5, 0.6) is 0 Å². The van der Waals surface area contributed by atoms with Crippen molar-refractivity contribution in [2.45, 2.75) is 137 Å². The van der Waals surface area contributed by atoms with E-state index in [9.17, 15) is 19.5 Å². The van der Waals surface area contributed by atoms with E-state index in [0.29, 0.717) is 37.4 Å². The Hall–Kier alpha value is -2.75. The molecule has 51 heavy (non-hydrogen) atoms. The van der Waals surface area contributed by atoms with Crippen LogP contribution in [0.4, 0.5) is 0 Å². The summed E-state index contributed by atoms with van der Waals surface area (Å²) in [5.41, 5.74) is -1.00. The maximum atomic E-state index is 13.4. The zero-order valence-electron chi connectivity index (χ0n) is 32.4. The number of methoxy groups -OCH3 is 1. The Kier molecular flexibility index (Phi) is 9.67. The second kappa shape index (κ2) is 13.0. The topological polar surface area (TPSA) is 118 Å². The molecule has 9 heteroatoms. The molecule has 9 nitrogen and oxygen atoms in total. The van der Waals surface area contributed by atoms with E-state index < -0.39 is 51.9 Å². The number of benzene rings is 1. The number of carbonyl (C=O) groups is 3. The summed E-state index contributed by atoms with van der Waals surface area (Å²) in [5.74, 6) is -1.57. The lowest BCUT2D eigenvalue weighted by Gasteiger charge is -2.70. The predicted octanol–water partition coefficient (Wildman–Crippen LogP) is 7.44. The first-order valence-electron chi connectivity index (χ1n) is 19.0. The van der Waals surface area contributed by atoms with E-state index in [1.54, 1.807) is 33.1 Å². The lowest BCUT2D eigenvalue weighted by atomic mass is 9.36. The molecule has 1 aliphatic heterocycles. The molecule has 1 aromatic carbocycles. The molecule has 11 atom stereocenters. The standard InChI is InChI=1S/C42H60O9/c1-25(43)49-34-22-32-37(3,4)33(51-36(45)27-14-12-11-13-15-27)23-35(50-26(2)44)41(32,9)31-19-20-39(7)29(16-17-30(39)40(31,34)8)28-18-21-42(47-10,48-24-28)38(5,6)46/h11-15,17,28-29,31-35,46H,16,18-24H2,1-10H3/t28-,29+,31?,32?,33?,34-,35+,39+,40+,41-,42+/m1/s1. The molecule has 4 aliphatic carbocycles. The maximum absolute atomic E-state index is 13.4. The highest BCUT2D eigenvalue weighted by Gasteiger charge is 2.73. The van der Waals surface area contributed by atoms with Gasteiger partial charge in [-0.3, -0.25) is 9.59 Å². The first-order valence-corrected chi connectivity index (χ1v) is 19.0. The number of hydrogen-bond donors (Lipinski definition) is 1. The first kappa shape index (κ1) is 38.0. The van der Waals surface area contributed by atoms with Crippen LogP contribution < -0.4 is 0 Å². The van der Waals surface area contributed by atoms with E-state index in [1.165, 1.54) is 19.4 Å². The summed E-state index contributed by atoms with van der Waals surface area (Å²) in [6.07, 6.45) is 6.12. The van der Waals surface area contributed by atoms with Gasteiger partial charge in [-0.15, -0.1) is 0 Å². The average Bonchev–Trinajstić information content (AvgIpc) is 3.42. The lowest BCUT2D eigenvalue weighted by molar-refractivity contribution is -0.326. The summed E-state index contributed by atoms with van der Waals surface area (Å²) in [7, 11) is 1.61. The third-order valence-corrected chi connectivity index (χ3v) is 14.8. The van der Waals surface area contributed by atoms with Crippen molar-refractivity contribution in [3.63, 3.8) is 0 Å². The van der Waals surface area contributed by atoms with E-state index >= 15 is 0 Å². The van der Waals surface area contributed by atoms with Gasteiger partial charge in [0, 0.05) is 50.0 Å². The Morgan fingerprint density at radius 1 is 0.843 bits per heavy atom. The van der Waals surface area contributed by atoms with Gasteiger partial charge in [-0.05, 0) is 87.2 Å². The van der Waals surface area contributed by atoms with Gasteiger partial charge in [0.2, 0.25) is 0 Å². The molecule has 0 radical (unpaired) electrons. The van der Waals surface area contributed by atoms with E-state index in [2.05, 4.69) is 40.7 Å². The fourth-order valence-electron chi connectivity index (χ4n) is 12.3. The van der Waals surface area contributed by atoms with Gasteiger partial charge in [0.15, 0.2) is 5.79 Å². The number of fused-ring (bicyclic) bond motifs is 5. The van der Waals surface area contributed by atoms with Crippen LogP contribution in [0.1, 0.15) is 118 Å². The third-order valence-electron chi connectivity index (χ3n) is 14.8. The van der Waals surface area contributed by atoms with E-state index in [0.717, 1.165) is 25.7 Å². The minimum atomic E-state index is -1.14. The quantitative estimate of drug-likeness (QED) is 0.175. The SMILES string of the molecule is CO[C@@]1(C(C)(C)O)CC[C@@H]([C@@H]2CC=C3[C@@]4(C)C(CC[C@]32C)[C@]2(C)C(C[C@H]4OC(C)=O)C(C)(C)C(OC(=O)c3ccccc3)C[C@@H]2OC(C)=O)CO1. The summed E-state index contributed by atoms with van der Waals surface area (Å²) in [4.78, 5) is 39.2.